The number of nitrogens with one attached hydrogen (secondary N) is 1. The van der Waals surface area contributed by atoms with E-state index in [9.17, 15) is 4.79 Å². The molecule has 0 aromatic carbocycles. The summed E-state index contributed by atoms with van der Waals surface area (Å²) in [6.07, 6.45) is 0. The van der Waals surface area contributed by atoms with Crippen LogP contribution in [0.1, 0.15) is 12.6 Å². The molecule has 1 N–H and O–H groups in total. The number of rotatable bonds is 1. The van der Waals surface area contributed by atoms with Crippen LogP contribution in [0.15, 0.2) is 6.07 Å². The molecule has 2 aromatic rings. The van der Waals surface area contributed by atoms with Crippen LogP contribution in [0.4, 0.5) is 0 Å². The van der Waals surface area contributed by atoms with Gasteiger partial charge < -0.3 is 9.72 Å². The summed E-state index contributed by atoms with van der Waals surface area (Å²) in [5.74, 6) is -0.433. The van der Waals surface area contributed by atoms with Crippen molar-refractivity contribution < 1.29 is 9.53 Å². The van der Waals surface area contributed by atoms with Gasteiger partial charge in [0.15, 0.2) is 5.65 Å². The van der Waals surface area contributed by atoms with Crippen molar-refractivity contribution in [2.75, 3.05) is 0 Å². The predicted molar refractivity (Wildman–Crippen MR) is 54.9 cm³/mol. The summed E-state index contributed by atoms with van der Waals surface area (Å²) in [7, 11) is 0. The Hall–Kier alpha value is -1.62. The van der Waals surface area contributed by atoms with E-state index in [0.717, 1.165) is 0 Å². The van der Waals surface area contributed by atoms with Gasteiger partial charge >= 0.3 is 12.0 Å². The standard InChI is InChI=1S/C9H8ClN3O2/c1-4-6(10)3-7-8(11-4)13-9(12-7)15-5(2)14/h3H,1-2H3,(H,11,12,13). The molecule has 2 aromatic heterocycles. The van der Waals surface area contributed by atoms with Crippen molar-refractivity contribution in [3.05, 3.63) is 16.8 Å². The van der Waals surface area contributed by atoms with E-state index < -0.39 is 5.97 Å². The molecule has 2 heterocycles. The first kappa shape index (κ1) is 9.92. The molecule has 2 rings (SSSR count). The normalized spacial score (nSPS) is 10.6. The Morgan fingerprint density at radius 1 is 1.53 bits per heavy atom. The first-order valence-electron chi connectivity index (χ1n) is 4.27. The second-order valence-corrected chi connectivity index (χ2v) is 3.47. The van der Waals surface area contributed by atoms with E-state index in [-0.39, 0.29) is 6.01 Å². The number of carbonyl (C=O) groups excluding carboxylic acids is 1. The number of imidazole rings is 1. The molecule has 5 nitrogen and oxygen atoms in total. The van der Waals surface area contributed by atoms with Gasteiger partial charge in [-0.3, -0.25) is 4.79 Å². The SMILES string of the molecule is CC(=O)Oc1nc2nc(C)c(Cl)cc2[nH]1. The van der Waals surface area contributed by atoms with Crippen LogP contribution >= 0.6 is 11.6 Å². The van der Waals surface area contributed by atoms with Crippen LogP contribution in [0.2, 0.25) is 5.02 Å². The molecule has 0 aliphatic heterocycles. The van der Waals surface area contributed by atoms with Gasteiger partial charge in [0.2, 0.25) is 0 Å². The number of halogens is 1. The van der Waals surface area contributed by atoms with Crippen molar-refractivity contribution in [3.63, 3.8) is 0 Å². The van der Waals surface area contributed by atoms with Crippen LogP contribution < -0.4 is 4.74 Å². The number of H-pyrrole nitrogens is 1. The zero-order valence-electron chi connectivity index (χ0n) is 8.17. The van der Waals surface area contributed by atoms with Crippen LogP contribution in [-0.4, -0.2) is 20.9 Å². The molecule has 0 aliphatic rings. The zero-order chi connectivity index (χ0) is 11.0. The van der Waals surface area contributed by atoms with Crippen LogP contribution in [0, 0.1) is 6.92 Å². The molecule has 0 fully saturated rings. The highest BCUT2D eigenvalue weighted by atomic mass is 35.5. The molecule has 15 heavy (non-hydrogen) atoms. The fraction of sp³-hybridized carbons (Fsp3) is 0.222. The summed E-state index contributed by atoms with van der Waals surface area (Å²) in [6.45, 7) is 3.08. The van der Waals surface area contributed by atoms with E-state index in [1.165, 1.54) is 6.92 Å². The van der Waals surface area contributed by atoms with Crippen LogP contribution in [-0.2, 0) is 4.79 Å². The smallest absolute Gasteiger partial charge is 0.310 e. The molecule has 0 spiro atoms. The van der Waals surface area contributed by atoms with Crippen molar-refractivity contribution in [1.29, 1.82) is 0 Å². The number of hydrogen-bond donors (Lipinski definition) is 1. The highest BCUT2D eigenvalue weighted by Gasteiger charge is 2.08. The number of carbonyl (C=O) groups is 1. The molecule has 0 aliphatic carbocycles. The van der Waals surface area contributed by atoms with Crippen LogP contribution in [0.3, 0.4) is 0 Å². The largest absolute Gasteiger partial charge is 0.392 e. The highest BCUT2D eigenvalue weighted by Crippen LogP contribution is 2.20. The van der Waals surface area contributed by atoms with Gasteiger partial charge in [0.1, 0.15) is 0 Å². The molecule has 0 saturated carbocycles. The lowest BCUT2D eigenvalue weighted by Crippen LogP contribution is -2.02. The number of nitrogens with zero attached hydrogens (tertiary/aromatic N) is 2. The third-order valence-corrected chi connectivity index (χ3v) is 2.20. The molecule has 0 bridgehead atoms. The van der Waals surface area contributed by atoms with Crippen LogP contribution in [0.25, 0.3) is 11.2 Å². The van der Waals surface area contributed by atoms with Gasteiger partial charge in [-0.25, -0.2) is 4.98 Å². The number of esters is 1. The summed E-state index contributed by atoms with van der Waals surface area (Å²) >= 11 is 5.88. The van der Waals surface area contributed by atoms with E-state index in [1.54, 1.807) is 13.0 Å². The van der Waals surface area contributed by atoms with Crippen molar-refractivity contribution in [1.82, 2.24) is 15.0 Å². The van der Waals surface area contributed by atoms with Gasteiger partial charge in [0, 0.05) is 6.92 Å². The summed E-state index contributed by atoms with van der Waals surface area (Å²) < 4.78 is 4.79. The Morgan fingerprint density at radius 2 is 2.27 bits per heavy atom. The number of aryl methyl sites for hydroxylation is 1. The first-order valence-corrected chi connectivity index (χ1v) is 4.65. The maximum atomic E-state index is 10.7. The lowest BCUT2D eigenvalue weighted by Gasteiger charge is -1.93. The highest BCUT2D eigenvalue weighted by molar-refractivity contribution is 6.31. The van der Waals surface area contributed by atoms with Crippen molar-refractivity contribution in [2.24, 2.45) is 0 Å². The molecule has 0 saturated heterocycles. The van der Waals surface area contributed by atoms with Gasteiger partial charge in [-0.05, 0) is 13.0 Å². The molecule has 0 atom stereocenters. The summed E-state index contributed by atoms with van der Waals surface area (Å²) in [6, 6.07) is 1.82. The third kappa shape index (κ3) is 1.92. The number of hydrogen-bond acceptors (Lipinski definition) is 4. The average molecular weight is 226 g/mol. The minimum absolute atomic E-state index is 0.131. The minimum Gasteiger partial charge on any atom is -0.392 e. The molecule has 78 valence electrons. The predicted octanol–water partition coefficient (Wildman–Crippen LogP) is 1.85. The summed E-state index contributed by atoms with van der Waals surface area (Å²) in [4.78, 5) is 21.6. The van der Waals surface area contributed by atoms with Crippen molar-refractivity contribution >= 4 is 28.7 Å². The second kappa shape index (κ2) is 3.51. The number of aromatic nitrogens is 3. The van der Waals surface area contributed by atoms with Crippen molar-refractivity contribution in [2.45, 2.75) is 13.8 Å². The van der Waals surface area contributed by atoms with E-state index in [1.807, 2.05) is 0 Å². The lowest BCUT2D eigenvalue weighted by atomic mass is 10.3. The fourth-order valence-corrected chi connectivity index (χ4v) is 1.32. The Morgan fingerprint density at radius 3 is 2.93 bits per heavy atom. The Labute approximate surface area is 90.4 Å². The van der Waals surface area contributed by atoms with E-state index in [0.29, 0.717) is 21.9 Å². The quantitative estimate of drug-likeness (QED) is 0.752. The van der Waals surface area contributed by atoms with Gasteiger partial charge in [0.05, 0.1) is 16.2 Å². The first-order chi connectivity index (χ1) is 7.06. The topological polar surface area (TPSA) is 67.9 Å². The minimum atomic E-state index is -0.433. The summed E-state index contributed by atoms with van der Waals surface area (Å²) in [5, 5.41) is 0.542. The fourth-order valence-electron chi connectivity index (χ4n) is 1.17. The molecule has 6 heteroatoms. The van der Waals surface area contributed by atoms with Crippen LogP contribution in [0.5, 0.6) is 6.01 Å². The molecule has 0 unspecified atom stereocenters. The zero-order valence-corrected chi connectivity index (χ0v) is 8.92. The maximum Gasteiger partial charge on any atom is 0.310 e. The monoisotopic (exact) mass is 225 g/mol. The Kier molecular flexibility index (Phi) is 2.32. The maximum absolute atomic E-state index is 10.7. The number of fused-ring (bicyclic) bond motifs is 1. The second-order valence-electron chi connectivity index (χ2n) is 3.06. The van der Waals surface area contributed by atoms with Gasteiger partial charge in [-0.1, -0.05) is 11.6 Å². The number of ether oxygens (including phenoxy) is 1. The molecule has 0 radical (unpaired) electrons. The summed E-state index contributed by atoms with van der Waals surface area (Å²) in [5.41, 5.74) is 1.81. The molecule has 0 amide bonds. The Balaban J connectivity index is 2.51. The third-order valence-electron chi connectivity index (χ3n) is 1.82. The van der Waals surface area contributed by atoms with E-state index >= 15 is 0 Å². The van der Waals surface area contributed by atoms with Crippen molar-refractivity contribution in [3.8, 4) is 6.01 Å². The average Bonchev–Trinajstić information content (AvgIpc) is 2.46. The molecular formula is C9H8ClN3O2. The number of aromatic amines is 1. The Bertz CT molecular complexity index is 496. The lowest BCUT2D eigenvalue weighted by molar-refractivity contribution is -0.132. The van der Waals surface area contributed by atoms with Gasteiger partial charge in [0.25, 0.3) is 0 Å². The van der Waals surface area contributed by atoms with Gasteiger partial charge in [-0.2, -0.15) is 4.98 Å². The number of pyridine rings is 1. The van der Waals surface area contributed by atoms with E-state index in [2.05, 4.69) is 15.0 Å². The molecular weight excluding hydrogens is 218 g/mol. The van der Waals surface area contributed by atoms with E-state index in [4.69, 9.17) is 16.3 Å². The van der Waals surface area contributed by atoms with Gasteiger partial charge in [-0.15, -0.1) is 0 Å².